The van der Waals surface area contributed by atoms with Gasteiger partial charge < -0.3 is 19.3 Å². The number of carbonyl (C=O) groups excluding carboxylic acids is 4. The molecule has 4 atom stereocenters. The summed E-state index contributed by atoms with van der Waals surface area (Å²) in [6.07, 6.45) is 7.53. The smallest absolute Gasteiger partial charge is 0.238 e. The lowest BCUT2D eigenvalue weighted by molar-refractivity contribution is -0.123. The van der Waals surface area contributed by atoms with Crippen LogP contribution in [0.2, 0.25) is 0 Å². The molecule has 4 aliphatic rings. The molecule has 0 bridgehead atoms. The third-order valence-electron chi connectivity index (χ3n) is 9.91. The van der Waals surface area contributed by atoms with Gasteiger partial charge >= 0.3 is 0 Å². The minimum Gasteiger partial charge on any atom is -0.504 e. The topological polar surface area (TPSA) is 119 Å². The Labute approximate surface area is 291 Å². The Kier molecular flexibility index (Phi) is 8.36. The Morgan fingerprint density at radius 3 is 2.31 bits per heavy atom. The lowest BCUT2D eigenvalue weighted by Crippen LogP contribution is -2.39. The number of rotatable bonds is 7. The van der Waals surface area contributed by atoms with Gasteiger partial charge in [-0.2, -0.15) is 0 Å². The first kappa shape index (κ1) is 32.3. The van der Waals surface area contributed by atoms with Gasteiger partial charge in [-0.1, -0.05) is 42.0 Å². The molecule has 0 aromatic heterocycles. The molecule has 49 heavy (non-hydrogen) atoms. The molecule has 0 spiro atoms. The number of amides is 2. The highest BCUT2D eigenvalue weighted by Gasteiger charge is 2.56. The Bertz CT molecular complexity index is 2060. The predicted molar refractivity (Wildman–Crippen MR) is 187 cm³/mol. The number of nitrogens with zero attached hydrogens (tertiary/aromatic N) is 1. The maximum absolute atomic E-state index is 14.3. The van der Waals surface area contributed by atoms with Crippen molar-refractivity contribution in [1.29, 1.82) is 0 Å². The van der Waals surface area contributed by atoms with Gasteiger partial charge in [0.25, 0.3) is 0 Å². The van der Waals surface area contributed by atoms with Crippen molar-refractivity contribution in [2.75, 3.05) is 26.2 Å². The maximum Gasteiger partial charge on any atom is 0.238 e. The molecule has 4 unspecified atom stereocenters. The standard InChI is InChI=1S/C39H32BrNO8/c1-47-24-11-15-32(48-2)21(16-24)7-4-20-5-9-23(10-6-20)41-38(45)26-13-12-25-27(35(26)39(41)46)18-28-36(31(43)19-29(40)37(28)44)34(25)22-8-14-30(42)33(17-22)49-3/h4-12,14-17,19,26-27,34-35,42H,13,18H2,1-3H3. The highest BCUT2D eigenvalue weighted by Crippen LogP contribution is 2.56. The maximum atomic E-state index is 14.3. The molecule has 7 rings (SSSR count). The lowest BCUT2D eigenvalue weighted by Gasteiger charge is -2.42. The summed E-state index contributed by atoms with van der Waals surface area (Å²) in [6.45, 7) is 0. The number of anilines is 1. The largest absolute Gasteiger partial charge is 0.504 e. The van der Waals surface area contributed by atoms with E-state index in [9.17, 15) is 24.3 Å². The van der Waals surface area contributed by atoms with Gasteiger partial charge in [-0.25, -0.2) is 0 Å². The zero-order chi connectivity index (χ0) is 34.6. The lowest BCUT2D eigenvalue weighted by atomic mass is 9.59. The van der Waals surface area contributed by atoms with Gasteiger partial charge in [0.2, 0.25) is 11.8 Å². The molecule has 3 aromatic carbocycles. The van der Waals surface area contributed by atoms with Crippen molar-refractivity contribution in [3.63, 3.8) is 0 Å². The van der Waals surface area contributed by atoms with Crippen LogP contribution in [-0.4, -0.2) is 49.8 Å². The molecule has 0 radical (unpaired) electrons. The van der Waals surface area contributed by atoms with Crippen LogP contribution in [0, 0.1) is 17.8 Å². The molecule has 1 aliphatic heterocycles. The average molecular weight is 723 g/mol. The van der Waals surface area contributed by atoms with Crippen LogP contribution in [0.5, 0.6) is 23.0 Å². The number of allylic oxidation sites excluding steroid dienone is 6. The summed E-state index contributed by atoms with van der Waals surface area (Å²) in [5, 5.41) is 10.3. The predicted octanol–water partition coefficient (Wildman–Crippen LogP) is 6.56. The normalized spacial score (nSPS) is 23.2. The zero-order valence-corrected chi connectivity index (χ0v) is 28.5. The molecule has 1 fully saturated rings. The Morgan fingerprint density at radius 1 is 0.837 bits per heavy atom. The molecule has 1 saturated heterocycles. The first-order chi connectivity index (χ1) is 23.6. The van der Waals surface area contributed by atoms with E-state index < -0.39 is 23.7 Å². The first-order valence-corrected chi connectivity index (χ1v) is 16.6. The zero-order valence-electron chi connectivity index (χ0n) is 26.9. The van der Waals surface area contributed by atoms with Crippen molar-refractivity contribution < 1.29 is 38.5 Å². The van der Waals surface area contributed by atoms with Gasteiger partial charge in [-0.05, 0) is 88.3 Å². The molecule has 1 N–H and O–H groups in total. The summed E-state index contributed by atoms with van der Waals surface area (Å²) in [6, 6.07) is 17.5. The Morgan fingerprint density at radius 2 is 1.59 bits per heavy atom. The summed E-state index contributed by atoms with van der Waals surface area (Å²) >= 11 is 3.26. The number of fused-ring (bicyclic) bond motifs is 3. The van der Waals surface area contributed by atoms with E-state index in [1.807, 2.05) is 48.6 Å². The summed E-state index contributed by atoms with van der Waals surface area (Å²) in [5.74, 6) is -2.12. The molecular weight excluding hydrogens is 690 g/mol. The fraction of sp³-hybridized carbons (Fsp3) is 0.231. The second kappa shape index (κ2) is 12.7. The second-order valence-corrected chi connectivity index (χ2v) is 13.2. The minimum atomic E-state index is -0.712. The van der Waals surface area contributed by atoms with Gasteiger partial charge in [0.1, 0.15) is 11.5 Å². The minimum absolute atomic E-state index is 0.0621. The van der Waals surface area contributed by atoms with E-state index in [-0.39, 0.29) is 45.8 Å². The van der Waals surface area contributed by atoms with Crippen LogP contribution < -0.4 is 19.1 Å². The van der Waals surface area contributed by atoms with Crippen LogP contribution in [0.4, 0.5) is 5.69 Å². The van der Waals surface area contributed by atoms with Crippen LogP contribution in [0.25, 0.3) is 12.2 Å². The molecule has 9 nitrogen and oxygen atoms in total. The van der Waals surface area contributed by atoms with Gasteiger partial charge in [0.15, 0.2) is 23.1 Å². The van der Waals surface area contributed by atoms with E-state index >= 15 is 0 Å². The average Bonchev–Trinajstić information content (AvgIpc) is 3.38. The molecule has 248 valence electrons. The van der Waals surface area contributed by atoms with Crippen molar-refractivity contribution in [2.45, 2.75) is 18.8 Å². The number of hydrogen-bond acceptors (Lipinski definition) is 8. The quantitative estimate of drug-likeness (QED) is 0.126. The fourth-order valence-electron chi connectivity index (χ4n) is 7.60. The Hall–Kier alpha value is -5.22. The Balaban J connectivity index is 1.21. The number of phenolic OH excluding ortho intramolecular Hbond substituents is 1. The summed E-state index contributed by atoms with van der Waals surface area (Å²) in [4.78, 5) is 56.5. The molecule has 10 heteroatoms. The number of ether oxygens (including phenoxy) is 3. The summed E-state index contributed by atoms with van der Waals surface area (Å²) < 4.78 is 16.3. The van der Waals surface area contributed by atoms with E-state index in [0.717, 1.165) is 16.7 Å². The third-order valence-corrected chi connectivity index (χ3v) is 10.5. The molecule has 1 heterocycles. The van der Waals surface area contributed by atoms with Crippen LogP contribution in [0.15, 0.2) is 94.0 Å². The van der Waals surface area contributed by atoms with Crippen molar-refractivity contribution >= 4 is 57.2 Å². The van der Waals surface area contributed by atoms with Crippen molar-refractivity contribution in [3.05, 3.63) is 111 Å². The highest BCUT2D eigenvalue weighted by molar-refractivity contribution is 9.12. The number of carbonyl (C=O) groups is 4. The van der Waals surface area contributed by atoms with E-state index in [4.69, 9.17) is 14.2 Å². The number of hydrogen-bond donors (Lipinski definition) is 1. The van der Waals surface area contributed by atoms with Crippen molar-refractivity contribution in [2.24, 2.45) is 17.8 Å². The monoisotopic (exact) mass is 721 g/mol. The number of Topliss-reactive ketones (excluding diaryl/α,β-unsaturated/α-hetero) is 1. The van der Waals surface area contributed by atoms with E-state index in [1.54, 1.807) is 38.5 Å². The van der Waals surface area contributed by atoms with Gasteiger partial charge in [-0.3, -0.25) is 24.1 Å². The molecule has 2 amide bonds. The SMILES string of the molecule is COc1ccc(OC)c(C=Cc2ccc(N3C(=O)C4CC=C5C(c6ccc(O)c(OC)c6)C6=C(CC5C4C3=O)C(=O)C(Br)=CC6=O)cc2)c1. The molecule has 3 aliphatic carbocycles. The fourth-order valence-corrected chi connectivity index (χ4v) is 8.05. The van der Waals surface area contributed by atoms with Crippen molar-refractivity contribution in [3.8, 4) is 23.0 Å². The summed E-state index contributed by atoms with van der Waals surface area (Å²) in [7, 11) is 4.64. The first-order valence-electron chi connectivity index (χ1n) is 15.8. The third kappa shape index (κ3) is 5.40. The van der Waals surface area contributed by atoms with Crippen LogP contribution >= 0.6 is 15.9 Å². The van der Waals surface area contributed by atoms with Gasteiger partial charge in [0.05, 0.1) is 43.3 Å². The highest BCUT2D eigenvalue weighted by atomic mass is 79.9. The number of phenols is 1. The number of imide groups is 1. The number of ketones is 2. The number of methoxy groups -OCH3 is 3. The van der Waals surface area contributed by atoms with Crippen LogP contribution in [-0.2, 0) is 19.2 Å². The number of halogens is 1. The molecule has 3 aromatic rings. The molecular formula is C39H32BrNO8. The molecule has 0 saturated carbocycles. The summed E-state index contributed by atoms with van der Waals surface area (Å²) in [5.41, 5.74) is 4.30. The van der Waals surface area contributed by atoms with Crippen LogP contribution in [0.1, 0.15) is 35.4 Å². The van der Waals surface area contributed by atoms with Gasteiger partial charge in [-0.15, -0.1) is 0 Å². The number of aromatic hydroxyl groups is 1. The van der Waals surface area contributed by atoms with Gasteiger partial charge in [0, 0.05) is 28.7 Å². The van der Waals surface area contributed by atoms with E-state index in [1.165, 1.54) is 24.2 Å². The van der Waals surface area contributed by atoms with Crippen LogP contribution in [0.3, 0.4) is 0 Å². The van der Waals surface area contributed by atoms with Crippen molar-refractivity contribution in [1.82, 2.24) is 0 Å². The van der Waals surface area contributed by atoms with E-state index in [2.05, 4.69) is 15.9 Å². The number of benzene rings is 3. The van der Waals surface area contributed by atoms with E-state index in [0.29, 0.717) is 40.3 Å². The second-order valence-electron chi connectivity index (χ2n) is 12.4.